The van der Waals surface area contributed by atoms with Crippen LogP contribution in [0.3, 0.4) is 0 Å². The van der Waals surface area contributed by atoms with Crippen LogP contribution in [-0.4, -0.2) is 57.8 Å². The molecule has 0 bridgehead atoms. The van der Waals surface area contributed by atoms with Gasteiger partial charge in [-0.3, -0.25) is 4.79 Å². The van der Waals surface area contributed by atoms with Gasteiger partial charge in [-0.25, -0.2) is 0 Å². The van der Waals surface area contributed by atoms with E-state index in [0.29, 0.717) is 31.9 Å². The molecule has 1 aliphatic heterocycles. The van der Waals surface area contributed by atoms with Crippen molar-refractivity contribution in [2.75, 3.05) is 51.9 Å². The van der Waals surface area contributed by atoms with Crippen molar-refractivity contribution in [3.05, 3.63) is 53.6 Å². The predicted octanol–water partition coefficient (Wildman–Crippen LogP) is 3.20. The molecule has 0 unspecified atom stereocenters. The third-order valence-corrected chi connectivity index (χ3v) is 4.90. The second-order valence-corrected chi connectivity index (χ2v) is 6.64. The minimum absolute atomic E-state index is 0.0417. The van der Waals surface area contributed by atoms with E-state index in [0.717, 1.165) is 35.8 Å². The number of nitrogens with zero attached hydrogens (tertiary/aromatic N) is 2. The van der Waals surface area contributed by atoms with Gasteiger partial charge in [0.1, 0.15) is 11.5 Å². The highest BCUT2D eigenvalue weighted by atomic mass is 16.5. The van der Waals surface area contributed by atoms with E-state index in [9.17, 15) is 4.79 Å². The summed E-state index contributed by atoms with van der Waals surface area (Å²) in [6.45, 7) is 5.82. The molecule has 0 spiro atoms. The van der Waals surface area contributed by atoms with Crippen molar-refractivity contribution in [1.29, 1.82) is 0 Å². The number of ether oxygens (including phenoxy) is 3. The first-order valence-electron chi connectivity index (χ1n) is 9.59. The maximum Gasteiger partial charge on any atom is 0.253 e. The van der Waals surface area contributed by atoms with E-state index < -0.39 is 0 Å². The minimum atomic E-state index is 0.0417. The van der Waals surface area contributed by atoms with Crippen LogP contribution in [0.25, 0.3) is 0 Å². The first-order chi connectivity index (χ1) is 13.7. The fourth-order valence-electron chi connectivity index (χ4n) is 3.50. The average Bonchev–Trinajstić information content (AvgIpc) is 2.75. The molecule has 2 aromatic carbocycles. The van der Waals surface area contributed by atoms with Crippen molar-refractivity contribution in [1.82, 2.24) is 4.90 Å². The number of piperazine rings is 1. The van der Waals surface area contributed by atoms with Crippen LogP contribution in [0.4, 0.5) is 5.69 Å². The molecule has 6 nitrogen and oxygen atoms in total. The van der Waals surface area contributed by atoms with Gasteiger partial charge in [-0.05, 0) is 37.3 Å². The molecule has 28 heavy (non-hydrogen) atoms. The number of para-hydroxylation sites is 2. The molecule has 0 aliphatic carbocycles. The van der Waals surface area contributed by atoms with E-state index in [1.54, 1.807) is 14.2 Å². The van der Waals surface area contributed by atoms with E-state index >= 15 is 0 Å². The zero-order chi connectivity index (χ0) is 19.9. The molecular formula is C22H28N2O4. The van der Waals surface area contributed by atoms with E-state index in [1.807, 2.05) is 48.2 Å². The quantitative estimate of drug-likeness (QED) is 0.734. The Bertz CT molecular complexity index is 801. The van der Waals surface area contributed by atoms with Crippen LogP contribution in [0.1, 0.15) is 22.8 Å². The Balaban J connectivity index is 1.69. The highest BCUT2D eigenvalue weighted by Gasteiger charge is 2.24. The second kappa shape index (κ2) is 9.46. The Labute approximate surface area is 166 Å². The Morgan fingerprint density at radius 1 is 1.00 bits per heavy atom. The summed E-state index contributed by atoms with van der Waals surface area (Å²) >= 11 is 0. The van der Waals surface area contributed by atoms with Crippen LogP contribution in [-0.2, 0) is 11.3 Å². The molecule has 6 heteroatoms. The molecule has 0 radical (unpaired) electrons. The van der Waals surface area contributed by atoms with Gasteiger partial charge in [-0.15, -0.1) is 0 Å². The summed E-state index contributed by atoms with van der Waals surface area (Å²) in [6.07, 6.45) is 0. The topological polar surface area (TPSA) is 51.2 Å². The fraction of sp³-hybridized carbons (Fsp3) is 0.409. The van der Waals surface area contributed by atoms with E-state index in [1.165, 1.54) is 0 Å². The summed E-state index contributed by atoms with van der Waals surface area (Å²) in [6, 6.07) is 13.6. The number of hydrogen-bond acceptors (Lipinski definition) is 5. The monoisotopic (exact) mass is 384 g/mol. The molecule has 0 saturated carbocycles. The molecule has 1 aliphatic rings. The number of carbonyl (C=O) groups is 1. The van der Waals surface area contributed by atoms with Gasteiger partial charge in [0.15, 0.2) is 0 Å². The van der Waals surface area contributed by atoms with Crippen molar-refractivity contribution < 1.29 is 19.0 Å². The van der Waals surface area contributed by atoms with Gasteiger partial charge in [0.25, 0.3) is 5.91 Å². The first kappa shape index (κ1) is 20.0. The molecule has 1 fully saturated rings. The third-order valence-electron chi connectivity index (χ3n) is 4.90. The summed E-state index contributed by atoms with van der Waals surface area (Å²) in [5.74, 6) is 1.67. The van der Waals surface area contributed by atoms with Crippen LogP contribution in [0, 0.1) is 0 Å². The lowest BCUT2D eigenvalue weighted by Gasteiger charge is -2.36. The summed E-state index contributed by atoms with van der Waals surface area (Å²) in [4.78, 5) is 17.2. The van der Waals surface area contributed by atoms with Gasteiger partial charge in [0.2, 0.25) is 0 Å². The number of benzene rings is 2. The third kappa shape index (κ3) is 4.39. The molecule has 0 atom stereocenters. The Kier molecular flexibility index (Phi) is 6.76. The van der Waals surface area contributed by atoms with Gasteiger partial charge >= 0.3 is 0 Å². The predicted molar refractivity (Wildman–Crippen MR) is 109 cm³/mol. The molecule has 1 heterocycles. The summed E-state index contributed by atoms with van der Waals surface area (Å²) in [7, 11) is 3.32. The van der Waals surface area contributed by atoms with Crippen molar-refractivity contribution in [3.63, 3.8) is 0 Å². The SMILES string of the molecule is CCOc1ccc(C(=O)N2CCN(c3ccccc3OC)CC2)cc1COC. The Hall–Kier alpha value is -2.73. The molecule has 3 rings (SSSR count). The van der Waals surface area contributed by atoms with Crippen LogP contribution >= 0.6 is 0 Å². The largest absolute Gasteiger partial charge is 0.495 e. The maximum absolute atomic E-state index is 13.0. The van der Waals surface area contributed by atoms with E-state index in [4.69, 9.17) is 14.2 Å². The number of carbonyl (C=O) groups excluding carboxylic acids is 1. The highest BCUT2D eigenvalue weighted by molar-refractivity contribution is 5.94. The lowest BCUT2D eigenvalue weighted by molar-refractivity contribution is 0.0746. The van der Waals surface area contributed by atoms with Gasteiger partial charge < -0.3 is 24.0 Å². The molecule has 1 amide bonds. The molecule has 0 aromatic heterocycles. The molecule has 0 N–H and O–H groups in total. The number of anilines is 1. The van der Waals surface area contributed by atoms with Crippen molar-refractivity contribution in [3.8, 4) is 11.5 Å². The van der Waals surface area contributed by atoms with Crippen LogP contribution in [0.2, 0.25) is 0 Å². The number of hydrogen-bond donors (Lipinski definition) is 0. The van der Waals surface area contributed by atoms with Crippen LogP contribution < -0.4 is 14.4 Å². The van der Waals surface area contributed by atoms with Gasteiger partial charge in [0.05, 0.1) is 26.0 Å². The normalized spacial score (nSPS) is 14.1. The Morgan fingerprint density at radius 3 is 2.43 bits per heavy atom. The molecule has 150 valence electrons. The zero-order valence-electron chi connectivity index (χ0n) is 16.8. The highest BCUT2D eigenvalue weighted by Crippen LogP contribution is 2.29. The smallest absolute Gasteiger partial charge is 0.253 e. The molecule has 1 saturated heterocycles. The average molecular weight is 384 g/mol. The van der Waals surface area contributed by atoms with Crippen molar-refractivity contribution in [2.45, 2.75) is 13.5 Å². The second-order valence-electron chi connectivity index (χ2n) is 6.64. The van der Waals surface area contributed by atoms with Gasteiger partial charge in [-0.2, -0.15) is 0 Å². The number of amides is 1. The van der Waals surface area contributed by atoms with Crippen molar-refractivity contribution >= 4 is 11.6 Å². The molecular weight excluding hydrogens is 356 g/mol. The number of rotatable bonds is 7. The Morgan fingerprint density at radius 2 is 1.75 bits per heavy atom. The lowest BCUT2D eigenvalue weighted by Crippen LogP contribution is -2.48. The van der Waals surface area contributed by atoms with E-state index in [-0.39, 0.29) is 5.91 Å². The van der Waals surface area contributed by atoms with Gasteiger partial charge in [0, 0.05) is 44.4 Å². The van der Waals surface area contributed by atoms with Crippen LogP contribution in [0.15, 0.2) is 42.5 Å². The summed E-state index contributed by atoms with van der Waals surface area (Å²) in [5.41, 5.74) is 2.63. The minimum Gasteiger partial charge on any atom is -0.495 e. The zero-order valence-corrected chi connectivity index (χ0v) is 16.8. The maximum atomic E-state index is 13.0. The lowest BCUT2D eigenvalue weighted by atomic mass is 10.1. The summed E-state index contributed by atoms with van der Waals surface area (Å²) in [5, 5.41) is 0. The van der Waals surface area contributed by atoms with Gasteiger partial charge in [-0.1, -0.05) is 12.1 Å². The first-order valence-corrected chi connectivity index (χ1v) is 9.59. The van der Waals surface area contributed by atoms with Crippen LogP contribution in [0.5, 0.6) is 11.5 Å². The number of methoxy groups -OCH3 is 2. The van der Waals surface area contributed by atoms with Crippen molar-refractivity contribution in [2.24, 2.45) is 0 Å². The summed E-state index contributed by atoms with van der Waals surface area (Å²) < 4.78 is 16.4. The van der Waals surface area contributed by atoms with E-state index in [2.05, 4.69) is 11.0 Å². The fourth-order valence-corrected chi connectivity index (χ4v) is 3.50. The standard InChI is InChI=1S/C22H28N2O4/c1-4-28-20-10-9-17(15-18(20)16-26-2)22(25)24-13-11-23(12-14-24)19-7-5-6-8-21(19)27-3/h5-10,15H,4,11-14,16H2,1-3H3. The molecule has 2 aromatic rings.